The Kier molecular flexibility index (Phi) is 4.99. The molecule has 0 aliphatic carbocycles. The van der Waals surface area contributed by atoms with E-state index in [-0.39, 0.29) is 11.9 Å². The van der Waals surface area contributed by atoms with Gasteiger partial charge in [-0.25, -0.2) is 9.97 Å². The highest BCUT2D eigenvalue weighted by molar-refractivity contribution is 6.03. The van der Waals surface area contributed by atoms with Crippen molar-refractivity contribution in [3.63, 3.8) is 0 Å². The van der Waals surface area contributed by atoms with E-state index in [0.717, 1.165) is 33.3 Å². The number of rotatable bonds is 5. The first-order valence-corrected chi connectivity index (χ1v) is 9.59. The van der Waals surface area contributed by atoms with E-state index >= 15 is 0 Å². The van der Waals surface area contributed by atoms with Crippen molar-refractivity contribution in [2.24, 2.45) is 0 Å². The van der Waals surface area contributed by atoms with Gasteiger partial charge in [0.25, 0.3) is 5.91 Å². The maximum absolute atomic E-state index is 12.3. The maximum atomic E-state index is 12.3. The van der Waals surface area contributed by atoms with Crippen molar-refractivity contribution < 1.29 is 4.79 Å². The molecule has 1 amide bonds. The third-order valence-corrected chi connectivity index (χ3v) is 4.62. The summed E-state index contributed by atoms with van der Waals surface area (Å²) in [6.45, 7) is 6.18. The molecule has 2 aromatic carbocycles. The molecule has 4 rings (SSSR count). The van der Waals surface area contributed by atoms with Crippen molar-refractivity contribution in [2.45, 2.75) is 26.8 Å². The number of aromatic nitrogens is 3. The fourth-order valence-corrected chi connectivity index (χ4v) is 3.26. The second kappa shape index (κ2) is 7.75. The summed E-state index contributed by atoms with van der Waals surface area (Å²) in [5.41, 5.74) is 5.40. The quantitative estimate of drug-likeness (QED) is 0.451. The number of amides is 1. The van der Waals surface area contributed by atoms with Gasteiger partial charge in [0, 0.05) is 29.5 Å². The minimum Gasteiger partial charge on any atom is -0.357 e. The number of carbonyl (C=O) groups excluding carboxylic acids is 1. The minimum atomic E-state index is -0.166. The topological polar surface area (TPSA) is 82.7 Å². The highest BCUT2D eigenvalue weighted by atomic mass is 16.1. The van der Waals surface area contributed by atoms with E-state index in [1.54, 1.807) is 18.3 Å². The van der Waals surface area contributed by atoms with E-state index in [1.807, 2.05) is 30.5 Å². The van der Waals surface area contributed by atoms with Gasteiger partial charge in [-0.2, -0.15) is 0 Å². The van der Waals surface area contributed by atoms with Crippen LogP contribution in [0.5, 0.6) is 0 Å². The molecule has 0 aliphatic heterocycles. The normalized spacial score (nSPS) is 11.0. The lowest BCUT2D eigenvalue weighted by Crippen LogP contribution is -2.12. The summed E-state index contributed by atoms with van der Waals surface area (Å²) < 4.78 is 0. The first-order valence-electron chi connectivity index (χ1n) is 9.59. The third kappa shape index (κ3) is 4.11. The van der Waals surface area contributed by atoms with E-state index in [0.29, 0.717) is 11.6 Å². The molecule has 0 unspecified atom stereocenters. The van der Waals surface area contributed by atoms with Crippen LogP contribution in [0, 0.1) is 6.92 Å². The van der Waals surface area contributed by atoms with Crippen LogP contribution in [0.1, 0.15) is 29.9 Å². The fourth-order valence-electron chi connectivity index (χ4n) is 3.26. The number of aryl methyl sites for hydroxylation is 1. The first-order chi connectivity index (χ1) is 14.0. The van der Waals surface area contributed by atoms with Crippen LogP contribution in [-0.4, -0.2) is 26.9 Å². The van der Waals surface area contributed by atoms with Crippen LogP contribution in [0.2, 0.25) is 0 Å². The SMILES string of the molecule is Cc1cc2nc(NC(C)C)ncc2cc1-c1cccc(NC(=O)c2ccc[nH]2)c1. The number of nitrogens with one attached hydrogen (secondary N) is 3. The van der Waals surface area contributed by atoms with E-state index in [4.69, 9.17) is 0 Å². The van der Waals surface area contributed by atoms with Crippen molar-refractivity contribution in [3.05, 3.63) is 72.2 Å². The van der Waals surface area contributed by atoms with Gasteiger partial charge in [-0.1, -0.05) is 12.1 Å². The summed E-state index contributed by atoms with van der Waals surface area (Å²) in [5.74, 6) is 0.467. The summed E-state index contributed by atoms with van der Waals surface area (Å²) in [6, 6.07) is 15.8. The molecule has 0 bridgehead atoms. The van der Waals surface area contributed by atoms with Gasteiger partial charge in [-0.15, -0.1) is 0 Å². The predicted molar refractivity (Wildman–Crippen MR) is 117 cm³/mol. The van der Waals surface area contributed by atoms with Crippen LogP contribution in [0.3, 0.4) is 0 Å². The Balaban J connectivity index is 1.65. The maximum Gasteiger partial charge on any atom is 0.272 e. The zero-order chi connectivity index (χ0) is 20.4. The number of anilines is 2. The number of aromatic amines is 1. The monoisotopic (exact) mass is 385 g/mol. The lowest BCUT2D eigenvalue weighted by molar-refractivity contribution is 0.102. The number of hydrogen-bond acceptors (Lipinski definition) is 4. The summed E-state index contributed by atoms with van der Waals surface area (Å²) >= 11 is 0. The molecule has 2 aromatic heterocycles. The molecule has 0 atom stereocenters. The van der Waals surface area contributed by atoms with E-state index in [1.165, 1.54) is 0 Å². The summed E-state index contributed by atoms with van der Waals surface area (Å²) in [6.07, 6.45) is 3.57. The van der Waals surface area contributed by atoms with Gasteiger partial charge in [-0.05, 0) is 73.9 Å². The van der Waals surface area contributed by atoms with Gasteiger partial charge in [0.2, 0.25) is 5.95 Å². The van der Waals surface area contributed by atoms with Gasteiger partial charge >= 0.3 is 0 Å². The lowest BCUT2D eigenvalue weighted by Gasteiger charge is -2.12. The van der Waals surface area contributed by atoms with Gasteiger partial charge in [0.15, 0.2) is 0 Å². The zero-order valence-electron chi connectivity index (χ0n) is 16.7. The average molecular weight is 385 g/mol. The van der Waals surface area contributed by atoms with Gasteiger partial charge in [-0.3, -0.25) is 4.79 Å². The van der Waals surface area contributed by atoms with E-state index < -0.39 is 0 Å². The Morgan fingerprint density at radius 3 is 2.72 bits per heavy atom. The van der Waals surface area contributed by atoms with Crippen LogP contribution in [0.25, 0.3) is 22.0 Å². The number of carbonyl (C=O) groups is 1. The van der Waals surface area contributed by atoms with Crippen LogP contribution in [0.15, 0.2) is 60.9 Å². The molecule has 0 saturated carbocycles. The molecule has 6 heteroatoms. The smallest absolute Gasteiger partial charge is 0.272 e. The average Bonchev–Trinajstić information content (AvgIpc) is 3.22. The van der Waals surface area contributed by atoms with Crippen molar-refractivity contribution in [3.8, 4) is 11.1 Å². The number of H-pyrrole nitrogens is 1. The molecule has 4 aromatic rings. The Morgan fingerprint density at radius 2 is 1.97 bits per heavy atom. The van der Waals surface area contributed by atoms with Gasteiger partial charge in [0.05, 0.1) is 5.52 Å². The zero-order valence-corrected chi connectivity index (χ0v) is 16.7. The van der Waals surface area contributed by atoms with Crippen LogP contribution in [0.4, 0.5) is 11.6 Å². The van der Waals surface area contributed by atoms with Crippen molar-refractivity contribution in [2.75, 3.05) is 10.6 Å². The molecule has 2 heterocycles. The molecule has 0 spiro atoms. The minimum absolute atomic E-state index is 0.166. The molecule has 0 radical (unpaired) electrons. The second-order valence-electron chi connectivity index (χ2n) is 7.34. The molecule has 29 heavy (non-hydrogen) atoms. The van der Waals surface area contributed by atoms with Gasteiger partial charge in [0.1, 0.15) is 5.69 Å². The Hall–Kier alpha value is -3.67. The summed E-state index contributed by atoms with van der Waals surface area (Å²) in [4.78, 5) is 24.3. The third-order valence-electron chi connectivity index (χ3n) is 4.62. The fraction of sp³-hybridized carbons (Fsp3) is 0.174. The Morgan fingerprint density at radius 1 is 1.10 bits per heavy atom. The van der Waals surface area contributed by atoms with Gasteiger partial charge < -0.3 is 15.6 Å². The van der Waals surface area contributed by atoms with Crippen molar-refractivity contribution in [1.82, 2.24) is 15.0 Å². The standard InChI is InChI=1S/C23H23N5O/c1-14(2)26-23-25-13-17-12-19(15(3)10-21(17)28-23)16-6-4-7-18(11-16)27-22(29)20-8-5-9-24-20/h4-14,24H,1-3H3,(H,27,29)(H,25,26,28). The summed E-state index contributed by atoms with van der Waals surface area (Å²) in [5, 5.41) is 7.14. The Bertz CT molecular complexity index is 1170. The molecule has 0 fully saturated rings. The highest BCUT2D eigenvalue weighted by Gasteiger charge is 2.10. The van der Waals surface area contributed by atoms with E-state index in [2.05, 4.69) is 58.5 Å². The number of nitrogens with zero attached hydrogens (tertiary/aromatic N) is 2. The van der Waals surface area contributed by atoms with Crippen LogP contribution >= 0.6 is 0 Å². The van der Waals surface area contributed by atoms with Crippen molar-refractivity contribution >= 4 is 28.4 Å². The first kappa shape index (κ1) is 18.7. The lowest BCUT2D eigenvalue weighted by atomic mass is 9.98. The molecular formula is C23H23N5O. The molecule has 0 aliphatic rings. The largest absolute Gasteiger partial charge is 0.357 e. The molecule has 146 valence electrons. The van der Waals surface area contributed by atoms with Crippen LogP contribution < -0.4 is 10.6 Å². The molecule has 0 saturated heterocycles. The molecular weight excluding hydrogens is 362 g/mol. The molecule has 3 N–H and O–H groups in total. The number of fused-ring (bicyclic) bond motifs is 1. The summed E-state index contributed by atoms with van der Waals surface area (Å²) in [7, 11) is 0. The Labute approximate surface area is 169 Å². The predicted octanol–water partition coefficient (Wildman–Crippen LogP) is 5.01. The van der Waals surface area contributed by atoms with Crippen LogP contribution in [-0.2, 0) is 0 Å². The second-order valence-corrected chi connectivity index (χ2v) is 7.34. The number of benzene rings is 2. The number of hydrogen-bond donors (Lipinski definition) is 3. The van der Waals surface area contributed by atoms with E-state index in [9.17, 15) is 4.79 Å². The van der Waals surface area contributed by atoms with Crippen molar-refractivity contribution in [1.29, 1.82) is 0 Å². The molecule has 6 nitrogen and oxygen atoms in total. The highest BCUT2D eigenvalue weighted by Crippen LogP contribution is 2.29.